The molecule has 0 aliphatic heterocycles. The molecule has 0 aliphatic carbocycles. The van der Waals surface area contributed by atoms with E-state index in [4.69, 9.17) is 0 Å². The zero-order valence-corrected chi connectivity index (χ0v) is 11.6. The first-order valence-corrected chi connectivity index (χ1v) is 6.93. The van der Waals surface area contributed by atoms with E-state index in [0.717, 1.165) is 24.9 Å². The summed E-state index contributed by atoms with van der Waals surface area (Å²) in [6, 6.07) is 10.8. The molecule has 0 saturated heterocycles. The van der Waals surface area contributed by atoms with Gasteiger partial charge < -0.3 is 5.32 Å². The van der Waals surface area contributed by atoms with Gasteiger partial charge in [0.2, 0.25) is 0 Å². The maximum absolute atomic E-state index is 3.51. The van der Waals surface area contributed by atoms with Gasteiger partial charge in [0.25, 0.3) is 0 Å². The van der Waals surface area contributed by atoms with E-state index >= 15 is 0 Å². The van der Waals surface area contributed by atoms with Gasteiger partial charge in [-0.3, -0.25) is 0 Å². The predicted molar refractivity (Wildman–Crippen MR) is 76.3 cm³/mol. The minimum absolute atomic E-state index is 0.759. The van der Waals surface area contributed by atoms with Crippen LogP contribution in [0, 0.1) is 11.8 Å². The number of rotatable bonds is 8. The van der Waals surface area contributed by atoms with E-state index in [0.29, 0.717) is 0 Å². The van der Waals surface area contributed by atoms with Crippen LogP contribution in [-0.4, -0.2) is 13.1 Å². The Labute approximate surface area is 107 Å². The van der Waals surface area contributed by atoms with Crippen LogP contribution in [0.1, 0.15) is 39.2 Å². The normalized spacial score (nSPS) is 12.9. The molecule has 0 spiro atoms. The van der Waals surface area contributed by atoms with Crippen LogP contribution in [0.5, 0.6) is 0 Å². The predicted octanol–water partition coefficient (Wildman–Crippen LogP) is 3.89. The molecule has 0 heterocycles. The van der Waals surface area contributed by atoms with E-state index in [-0.39, 0.29) is 0 Å². The van der Waals surface area contributed by atoms with E-state index in [1.807, 2.05) is 0 Å². The monoisotopic (exact) mass is 233 g/mol. The van der Waals surface area contributed by atoms with Crippen LogP contribution < -0.4 is 5.32 Å². The summed E-state index contributed by atoms with van der Waals surface area (Å²) in [5, 5.41) is 3.51. The highest BCUT2D eigenvalue weighted by Gasteiger charge is 2.02. The Bertz CT molecular complexity index is 279. The van der Waals surface area contributed by atoms with Crippen molar-refractivity contribution in [3.63, 3.8) is 0 Å². The van der Waals surface area contributed by atoms with Crippen molar-refractivity contribution in [1.82, 2.24) is 5.32 Å². The molecule has 0 aromatic heterocycles. The molecule has 1 aromatic rings. The third kappa shape index (κ3) is 7.17. The van der Waals surface area contributed by atoms with Crippen LogP contribution in [0.3, 0.4) is 0 Å². The fourth-order valence-electron chi connectivity index (χ4n) is 1.94. The van der Waals surface area contributed by atoms with Crippen molar-refractivity contribution in [3.05, 3.63) is 35.9 Å². The molecule has 1 heteroatoms. The molecule has 0 aliphatic rings. The van der Waals surface area contributed by atoms with Gasteiger partial charge in [-0.1, -0.05) is 51.1 Å². The highest BCUT2D eigenvalue weighted by atomic mass is 14.8. The number of hydrogen-bond donors (Lipinski definition) is 1. The Hall–Kier alpha value is -0.820. The van der Waals surface area contributed by atoms with Crippen molar-refractivity contribution in [2.24, 2.45) is 11.8 Å². The summed E-state index contributed by atoms with van der Waals surface area (Å²) in [5.41, 5.74) is 1.47. The van der Waals surface area contributed by atoms with Gasteiger partial charge in [-0.05, 0) is 49.8 Å². The standard InChI is InChI=1S/C16H27N/c1-14(2)13-17-12-11-15(3)9-10-16-7-5-4-6-8-16/h4-8,14-15,17H,9-13H2,1-3H3. The first-order chi connectivity index (χ1) is 8.18. The molecule has 1 atom stereocenters. The van der Waals surface area contributed by atoms with Crippen molar-refractivity contribution in [2.45, 2.75) is 40.0 Å². The molecule has 1 aromatic carbocycles. The molecule has 1 unspecified atom stereocenters. The molecule has 1 N–H and O–H groups in total. The number of hydrogen-bond acceptors (Lipinski definition) is 1. The van der Waals surface area contributed by atoms with Gasteiger partial charge >= 0.3 is 0 Å². The molecule has 1 nitrogen and oxygen atoms in total. The summed E-state index contributed by atoms with van der Waals surface area (Å²) in [5.74, 6) is 1.57. The maximum Gasteiger partial charge on any atom is -0.00258 e. The lowest BCUT2D eigenvalue weighted by Crippen LogP contribution is -2.22. The Balaban J connectivity index is 2.07. The molecule has 0 radical (unpaired) electrons. The third-order valence-corrected chi connectivity index (χ3v) is 3.14. The second-order valence-corrected chi connectivity index (χ2v) is 5.52. The lowest BCUT2D eigenvalue weighted by Gasteiger charge is -2.13. The van der Waals surface area contributed by atoms with Gasteiger partial charge in [-0.15, -0.1) is 0 Å². The largest absolute Gasteiger partial charge is 0.316 e. The lowest BCUT2D eigenvalue weighted by atomic mass is 9.98. The van der Waals surface area contributed by atoms with Crippen molar-refractivity contribution in [1.29, 1.82) is 0 Å². The summed E-state index contributed by atoms with van der Waals surface area (Å²) in [4.78, 5) is 0. The number of nitrogens with one attached hydrogen (secondary N) is 1. The van der Waals surface area contributed by atoms with Crippen molar-refractivity contribution < 1.29 is 0 Å². The summed E-state index contributed by atoms with van der Waals surface area (Å²) in [6.45, 7) is 9.18. The molecule has 17 heavy (non-hydrogen) atoms. The second kappa shape index (κ2) is 8.30. The molecule has 1 rings (SSSR count). The van der Waals surface area contributed by atoms with Gasteiger partial charge in [0, 0.05) is 0 Å². The van der Waals surface area contributed by atoms with Crippen LogP contribution in [0.25, 0.3) is 0 Å². The first kappa shape index (κ1) is 14.2. The van der Waals surface area contributed by atoms with Crippen LogP contribution in [-0.2, 0) is 6.42 Å². The fourth-order valence-corrected chi connectivity index (χ4v) is 1.94. The molecule has 0 saturated carbocycles. The van der Waals surface area contributed by atoms with Gasteiger partial charge in [-0.2, -0.15) is 0 Å². The second-order valence-electron chi connectivity index (χ2n) is 5.52. The van der Waals surface area contributed by atoms with E-state index in [1.165, 1.54) is 24.8 Å². The van der Waals surface area contributed by atoms with Gasteiger partial charge in [0.05, 0.1) is 0 Å². The molecular formula is C16H27N. The Kier molecular flexibility index (Phi) is 6.95. The van der Waals surface area contributed by atoms with Gasteiger partial charge in [0.1, 0.15) is 0 Å². The van der Waals surface area contributed by atoms with E-state index in [2.05, 4.69) is 56.4 Å². The third-order valence-electron chi connectivity index (χ3n) is 3.14. The highest BCUT2D eigenvalue weighted by molar-refractivity contribution is 5.14. The zero-order chi connectivity index (χ0) is 12.5. The summed E-state index contributed by atoms with van der Waals surface area (Å²) in [7, 11) is 0. The van der Waals surface area contributed by atoms with Gasteiger partial charge in [-0.25, -0.2) is 0 Å². The van der Waals surface area contributed by atoms with Crippen molar-refractivity contribution in [3.8, 4) is 0 Å². The number of benzene rings is 1. The lowest BCUT2D eigenvalue weighted by molar-refractivity contribution is 0.454. The average Bonchev–Trinajstić information content (AvgIpc) is 2.33. The molecular weight excluding hydrogens is 206 g/mol. The molecule has 0 amide bonds. The summed E-state index contributed by atoms with van der Waals surface area (Å²) in [6.07, 6.45) is 3.80. The SMILES string of the molecule is CC(C)CNCCC(C)CCc1ccccc1. The van der Waals surface area contributed by atoms with Crippen molar-refractivity contribution in [2.75, 3.05) is 13.1 Å². The summed E-state index contributed by atoms with van der Waals surface area (Å²) < 4.78 is 0. The van der Waals surface area contributed by atoms with Crippen LogP contribution in [0.4, 0.5) is 0 Å². The Morgan fingerprint density at radius 3 is 2.35 bits per heavy atom. The Morgan fingerprint density at radius 1 is 1.00 bits per heavy atom. The van der Waals surface area contributed by atoms with Crippen LogP contribution in [0.2, 0.25) is 0 Å². The molecule has 0 fully saturated rings. The molecule has 96 valence electrons. The van der Waals surface area contributed by atoms with E-state index in [9.17, 15) is 0 Å². The quantitative estimate of drug-likeness (QED) is 0.672. The first-order valence-electron chi connectivity index (χ1n) is 6.93. The summed E-state index contributed by atoms with van der Waals surface area (Å²) >= 11 is 0. The minimum Gasteiger partial charge on any atom is -0.316 e. The smallest absolute Gasteiger partial charge is 0.00258 e. The topological polar surface area (TPSA) is 12.0 Å². The van der Waals surface area contributed by atoms with Crippen LogP contribution in [0.15, 0.2) is 30.3 Å². The maximum atomic E-state index is 3.51. The average molecular weight is 233 g/mol. The van der Waals surface area contributed by atoms with Crippen LogP contribution >= 0.6 is 0 Å². The van der Waals surface area contributed by atoms with E-state index < -0.39 is 0 Å². The van der Waals surface area contributed by atoms with E-state index in [1.54, 1.807) is 0 Å². The number of aryl methyl sites for hydroxylation is 1. The molecule has 0 bridgehead atoms. The minimum atomic E-state index is 0.759. The van der Waals surface area contributed by atoms with Crippen molar-refractivity contribution >= 4 is 0 Å². The van der Waals surface area contributed by atoms with Gasteiger partial charge in [0.15, 0.2) is 0 Å². The highest BCUT2D eigenvalue weighted by Crippen LogP contribution is 2.12. The zero-order valence-electron chi connectivity index (χ0n) is 11.6. The fraction of sp³-hybridized carbons (Fsp3) is 0.625. The Morgan fingerprint density at radius 2 is 1.71 bits per heavy atom.